The van der Waals surface area contributed by atoms with E-state index in [0.717, 1.165) is 0 Å². The van der Waals surface area contributed by atoms with Crippen molar-refractivity contribution >= 4 is 28.4 Å². The van der Waals surface area contributed by atoms with E-state index in [4.69, 9.17) is 5.11 Å². The minimum atomic E-state index is -0.953. The first-order valence-corrected chi connectivity index (χ1v) is 6.38. The van der Waals surface area contributed by atoms with E-state index in [1.54, 1.807) is 38.2 Å². The van der Waals surface area contributed by atoms with Crippen molar-refractivity contribution < 1.29 is 14.8 Å². The minimum Gasteiger partial charge on any atom is -0.481 e. The van der Waals surface area contributed by atoms with Crippen molar-refractivity contribution in [1.29, 1.82) is 0 Å². The third-order valence-corrected chi connectivity index (χ3v) is 3.21. The van der Waals surface area contributed by atoms with Gasteiger partial charge in [-0.1, -0.05) is 25.1 Å². The van der Waals surface area contributed by atoms with Crippen LogP contribution in [0.25, 0.3) is 10.9 Å². The molecule has 0 saturated carbocycles. The maximum atomic E-state index is 11.2. The highest BCUT2D eigenvalue weighted by molar-refractivity contribution is 5.84. The maximum absolute atomic E-state index is 11.2. The Morgan fingerprint density at radius 1 is 1.48 bits per heavy atom. The van der Waals surface area contributed by atoms with Crippen LogP contribution in [-0.2, 0) is 4.79 Å². The van der Waals surface area contributed by atoms with Crippen molar-refractivity contribution in [3.8, 4) is 0 Å². The first-order chi connectivity index (χ1) is 9.90. The summed E-state index contributed by atoms with van der Waals surface area (Å²) in [6.45, 7) is 1.69. The van der Waals surface area contributed by atoms with Gasteiger partial charge in [0.05, 0.1) is 16.4 Å². The number of fused-ring (bicyclic) bond motifs is 1. The number of hydrogen-bond acceptors (Lipinski definition) is 5. The van der Waals surface area contributed by atoms with Gasteiger partial charge in [0.25, 0.3) is 0 Å². The van der Waals surface area contributed by atoms with E-state index in [0.29, 0.717) is 10.9 Å². The molecule has 0 saturated heterocycles. The lowest BCUT2D eigenvalue weighted by Gasteiger charge is -2.20. The average Bonchev–Trinajstić information content (AvgIpc) is 2.45. The molecule has 0 aliphatic carbocycles. The highest BCUT2D eigenvalue weighted by atomic mass is 16.6. The van der Waals surface area contributed by atoms with Gasteiger partial charge in [0, 0.05) is 25.0 Å². The molecule has 2 aromatic rings. The third-order valence-electron chi connectivity index (χ3n) is 3.21. The van der Waals surface area contributed by atoms with Crippen molar-refractivity contribution in [2.75, 3.05) is 18.5 Å². The number of anilines is 1. The van der Waals surface area contributed by atoms with Crippen molar-refractivity contribution in [3.63, 3.8) is 0 Å². The summed E-state index contributed by atoms with van der Waals surface area (Å²) in [6.07, 6.45) is 0. The zero-order chi connectivity index (χ0) is 15.6. The standard InChI is InChI=1S/C14H15N3O4/c1-9(14(18)19)8-16(2)13-12(17(20)21)7-10-5-3-4-6-11(10)15-13/h3-7,9H,8H2,1-2H3,(H,18,19). The molecule has 1 aromatic heterocycles. The molecule has 21 heavy (non-hydrogen) atoms. The molecule has 110 valence electrons. The van der Waals surface area contributed by atoms with Crippen LogP contribution in [0.3, 0.4) is 0 Å². The van der Waals surface area contributed by atoms with Crippen molar-refractivity contribution in [2.45, 2.75) is 6.92 Å². The Morgan fingerprint density at radius 2 is 2.14 bits per heavy atom. The van der Waals surface area contributed by atoms with Gasteiger partial charge >= 0.3 is 11.7 Å². The lowest BCUT2D eigenvalue weighted by atomic mass is 10.1. The number of benzene rings is 1. The SMILES string of the molecule is CC(CN(C)c1nc2ccccc2cc1[N+](=O)[O-])C(=O)O. The van der Waals surface area contributed by atoms with Crippen molar-refractivity contribution in [2.24, 2.45) is 5.92 Å². The van der Waals surface area contributed by atoms with Gasteiger partial charge in [0.1, 0.15) is 0 Å². The van der Waals surface area contributed by atoms with E-state index in [-0.39, 0.29) is 18.1 Å². The lowest BCUT2D eigenvalue weighted by Crippen LogP contribution is -2.29. The van der Waals surface area contributed by atoms with Gasteiger partial charge in [-0.05, 0) is 6.07 Å². The van der Waals surface area contributed by atoms with Crippen LogP contribution < -0.4 is 4.90 Å². The van der Waals surface area contributed by atoms with Gasteiger partial charge < -0.3 is 10.0 Å². The Kier molecular flexibility index (Phi) is 4.02. The van der Waals surface area contributed by atoms with E-state index < -0.39 is 16.8 Å². The zero-order valence-corrected chi connectivity index (χ0v) is 11.7. The van der Waals surface area contributed by atoms with Crippen LogP contribution in [0.4, 0.5) is 11.5 Å². The van der Waals surface area contributed by atoms with E-state index in [1.165, 1.54) is 11.0 Å². The van der Waals surface area contributed by atoms with Crippen molar-refractivity contribution in [1.82, 2.24) is 4.98 Å². The minimum absolute atomic E-state index is 0.131. The molecule has 0 aliphatic rings. The summed E-state index contributed by atoms with van der Waals surface area (Å²) in [5.74, 6) is -1.43. The number of nitro groups is 1. The molecule has 0 fully saturated rings. The van der Waals surface area contributed by atoms with Crippen LogP contribution >= 0.6 is 0 Å². The molecule has 0 spiro atoms. The number of para-hydroxylation sites is 1. The van der Waals surface area contributed by atoms with Crippen molar-refractivity contribution in [3.05, 3.63) is 40.4 Å². The molecule has 1 N–H and O–H groups in total. The predicted octanol–water partition coefficient (Wildman–Crippen LogP) is 2.30. The molecule has 7 nitrogen and oxygen atoms in total. The highest BCUT2D eigenvalue weighted by Gasteiger charge is 2.23. The van der Waals surface area contributed by atoms with Crippen LogP contribution in [0.5, 0.6) is 0 Å². The third kappa shape index (κ3) is 3.07. The fraction of sp³-hybridized carbons (Fsp3) is 0.286. The number of aromatic nitrogens is 1. The normalized spacial score (nSPS) is 12.1. The van der Waals surface area contributed by atoms with Gasteiger partial charge in [-0.2, -0.15) is 0 Å². The molecule has 0 amide bonds. The van der Waals surface area contributed by atoms with Gasteiger partial charge in [0.15, 0.2) is 0 Å². The smallest absolute Gasteiger partial charge is 0.312 e. The highest BCUT2D eigenvalue weighted by Crippen LogP contribution is 2.29. The monoisotopic (exact) mass is 289 g/mol. The number of carbonyl (C=O) groups is 1. The first kappa shape index (κ1) is 14.7. The Labute approximate surface area is 121 Å². The van der Waals surface area contributed by atoms with Crippen LogP contribution in [0.15, 0.2) is 30.3 Å². The van der Waals surface area contributed by atoms with Gasteiger partial charge in [-0.25, -0.2) is 4.98 Å². The number of carboxylic acid groups (broad SMARTS) is 1. The second-order valence-corrected chi connectivity index (χ2v) is 4.90. The van der Waals surface area contributed by atoms with E-state index in [9.17, 15) is 14.9 Å². The average molecular weight is 289 g/mol. The summed E-state index contributed by atoms with van der Waals surface area (Å²) in [5.41, 5.74) is 0.502. The fourth-order valence-corrected chi connectivity index (χ4v) is 2.09. The Bertz CT molecular complexity index is 702. The fourth-order valence-electron chi connectivity index (χ4n) is 2.09. The maximum Gasteiger partial charge on any atom is 0.312 e. The molecule has 0 radical (unpaired) electrons. The molecule has 0 bridgehead atoms. The summed E-state index contributed by atoms with van der Waals surface area (Å²) in [4.78, 5) is 27.4. The molecule has 1 heterocycles. The zero-order valence-electron chi connectivity index (χ0n) is 11.7. The number of carboxylic acids is 1. The van der Waals surface area contributed by atoms with Crippen LogP contribution in [0.1, 0.15) is 6.92 Å². The lowest BCUT2D eigenvalue weighted by molar-refractivity contribution is -0.384. The molecule has 7 heteroatoms. The Hall–Kier alpha value is -2.70. The van der Waals surface area contributed by atoms with Crippen LogP contribution in [0.2, 0.25) is 0 Å². The number of hydrogen-bond donors (Lipinski definition) is 1. The number of pyridine rings is 1. The summed E-state index contributed by atoms with van der Waals surface area (Å²) >= 11 is 0. The summed E-state index contributed by atoms with van der Waals surface area (Å²) in [7, 11) is 1.60. The first-order valence-electron chi connectivity index (χ1n) is 6.38. The predicted molar refractivity (Wildman–Crippen MR) is 78.5 cm³/mol. The second kappa shape index (κ2) is 5.74. The molecule has 1 aromatic carbocycles. The summed E-state index contributed by atoms with van der Waals surface area (Å²) < 4.78 is 0. The second-order valence-electron chi connectivity index (χ2n) is 4.90. The number of rotatable bonds is 5. The Balaban J connectivity index is 2.47. The summed E-state index contributed by atoms with van der Waals surface area (Å²) in [5, 5.41) is 20.8. The quantitative estimate of drug-likeness (QED) is 0.670. The van der Waals surface area contributed by atoms with Gasteiger partial charge in [-0.3, -0.25) is 14.9 Å². The molecular weight excluding hydrogens is 274 g/mol. The summed E-state index contributed by atoms with van der Waals surface area (Å²) in [6, 6.07) is 8.55. The van der Waals surface area contributed by atoms with E-state index in [1.807, 2.05) is 0 Å². The molecule has 1 unspecified atom stereocenters. The number of aliphatic carboxylic acids is 1. The van der Waals surface area contributed by atoms with Crippen LogP contribution in [-0.4, -0.2) is 34.6 Å². The van der Waals surface area contributed by atoms with E-state index in [2.05, 4.69) is 4.98 Å². The van der Waals surface area contributed by atoms with E-state index >= 15 is 0 Å². The molecule has 0 aliphatic heterocycles. The molecule has 1 atom stereocenters. The van der Waals surface area contributed by atoms with Crippen LogP contribution in [0, 0.1) is 16.0 Å². The molecule has 2 rings (SSSR count). The Morgan fingerprint density at radius 3 is 2.76 bits per heavy atom. The van der Waals surface area contributed by atoms with Gasteiger partial charge in [-0.15, -0.1) is 0 Å². The molecular formula is C14H15N3O4. The number of nitrogens with zero attached hydrogens (tertiary/aromatic N) is 3. The topological polar surface area (TPSA) is 96.6 Å². The van der Waals surface area contributed by atoms with Gasteiger partial charge in [0.2, 0.25) is 5.82 Å². The largest absolute Gasteiger partial charge is 0.481 e.